The van der Waals surface area contributed by atoms with Crippen molar-refractivity contribution in [1.29, 1.82) is 0 Å². The van der Waals surface area contributed by atoms with Crippen LogP contribution in [0.5, 0.6) is 0 Å². The zero-order valence-electron chi connectivity index (χ0n) is 9.66. The van der Waals surface area contributed by atoms with Crippen molar-refractivity contribution in [2.75, 3.05) is 17.6 Å². The topological polar surface area (TPSA) is 110 Å². The lowest BCUT2D eigenvalue weighted by atomic mass is 10.0. The Hall–Kier alpha value is -1.56. The number of nitrogens with zero attached hydrogens (tertiary/aromatic N) is 1. The van der Waals surface area contributed by atoms with Crippen molar-refractivity contribution >= 4 is 11.5 Å². The van der Waals surface area contributed by atoms with Gasteiger partial charge >= 0.3 is 0 Å². The van der Waals surface area contributed by atoms with E-state index >= 15 is 0 Å². The number of aromatic amines is 1. The second-order valence-electron chi connectivity index (χ2n) is 4.20. The van der Waals surface area contributed by atoms with Gasteiger partial charge in [-0.15, -0.1) is 0 Å². The lowest BCUT2D eigenvalue weighted by Crippen LogP contribution is -2.32. The SMILES string of the molecule is CC(C)CC(CN)Nc1nc[nH]c(=O)c1N. The molecule has 1 unspecified atom stereocenters. The van der Waals surface area contributed by atoms with E-state index < -0.39 is 0 Å². The predicted molar refractivity (Wildman–Crippen MR) is 65.2 cm³/mol. The summed E-state index contributed by atoms with van der Waals surface area (Å²) in [4.78, 5) is 17.6. The lowest BCUT2D eigenvalue weighted by Gasteiger charge is -2.19. The summed E-state index contributed by atoms with van der Waals surface area (Å²) < 4.78 is 0. The average Bonchev–Trinajstić information content (AvgIpc) is 2.23. The molecular weight excluding hydrogens is 206 g/mol. The fourth-order valence-electron chi connectivity index (χ4n) is 1.50. The highest BCUT2D eigenvalue weighted by molar-refractivity contribution is 5.59. The first kappa shape index (κ1) is 12.5. The van der Waals surface area contributed by atoms with Crippen molar-refractivity contribution in [3.8, 4) is 0 Å². The van der Waals surface area contributed by atoms with E-state index in [9.17, 15) is 4.79 Å². The second-order valence-corrected chi connectivity index (χ2v) is 4.20. The van der Waals surface area contributed by atoms with Crippen LogP contribution in [0.3, 0.4) is 0 Å². The zero-order valence-corrected chi connectivity index (χ0v) is 9.66. The maximum Gasteiger partial charge on any atom is 0.276 e. The summed E-state index contributed by atoms with van der Waals surface area (Å²) in [5.41, 5.74) is 11.0. The molecule has 0 saturated carbocycles. The van der Waals surface area contributed by atoms with Gasteiger partial charge in [0.05, 0.1) is 6.33 Å². The van der Waals surface area contributed by atoms with Gasteiger partial charge in [-0.2, -0.15) is 0 Å². The molecule has 6 N–H and O–H groups in total. The number of nitrogen functional groups attached to an aromatic ring is 1. The summed E-state index contributed by atoms with van der Waals surface area (Å²) >= 11 is 0. The molecule has 90 valence electrons. The summed E-state index contributed by atoms with van der Waals surface area (Å²) in [5.74, 6) is 0.920. The van der Waals surface area contributed by atoms with E-state index in [0.717, 1.165) is 6.42 Å². The monoisotopic (exact) mass is 225 g/mol. The average molecular weight is 225 g/mol. The van der Waals surface area contributed by atoms with Gasteiger partial charge in [0, 0.05) is 12.6 Å². The van der Waals surface area contributed by atoms with Crippen molar-refractivity contribution in [3.63, 3.8) is 0 Å². The Labute approximate surface area is 94.5 Å². The van der Waals surface area contributed by atoms with Crippen LogP contribution in [0.4, 0.5) is 11.5 Å². The van der Waals surface area contributed by atoms with Crippen LogP contribution in [0.1, 0.15) is 20.3 Å². The number of hydrogen-bond donors (Lipinski definition) is 4. The third kappa shape index (κ3) is 3.23. The molecule has 6 nitrogen and oxygen atoms in total. The molecule has 0 aliphatic rings. The maximum atomic E-state index is 11.2. The molecule has 0 aliphatic carbocycles. The standard InChI is InChI=1S/C10H19N5O/c1-6(2)3-7(4-11)15-9-8(12)10(16)14-5-13-9/h5-7H,3-4,11-12H2,1-2H3,(H2,13,14,15,16). The van der Waals surface area contributed by atoms with Gasteiger partial charge in [-0.25, -0.2) is 4.98 Å². The molecule has 6 heteroatoms. The van der Waals surface area contributed by atoms with Crippen LogP contribution < -0.4 is 22.3 Å². The van der Waals surface area contributed by atoms with Crippen molar-refractivity contribution in [2.45, 2.75) is 26.3 Å². The van der Waals surface area contributed by atoms with Crippen LogP contribution in [-0.4, -0.2) is 22.6 Å². The number of anilines is 2. The van der Waals surface area contributed by atoms with Gasteiger partial charge in [-0.3, -0.25) is 4.79 Å². The summed E-state index contributed by atoms with van der Waals surface area (Å²) in [5, 5.41) is 3.09. The molecule has 1 rings (SSSR count). The fourth-order valence-corrected chi connectivity index (χ4v) is 1.50. The Morgan fingerprint density at radius 1 is 1.56 bits per heavy atom. The number of aromatic nitrogens is 2. The van der Waals surface area contributed by atoms with Crippen LogP contribution in [-0.2, 0) is 0 Å². The minimum atomic E-state index is -0.335. The van der Waals surface area contributed by atoms with Crippen LogP contribution in [0.2, 0.25) is 0 Å². The molecule has 16 heavy (non-hydrogen) atoms. The normalized spacial score (nSPS) is 12.8. The van der Waals surface area contributed by atoms with E-state index in [2.05, 4.69) is 29.1 Å². The van der Waals surface area contributed by atoms with Crippen LogP contribution in [0, 0.1) is 5.92 Å². The maximum absolute atomic E-state index is 11.2. The van der Waals surface area contributed by atoms with Gasteiger partial charge in [0.15, 0.2) is 5.82 Å². The smallest absolute Gasteiger partial charge is 0.276 e. The molecule has 0 saturated heterocycles. The van der Waals surface area contributed by atoms with E-state index in [4.69, 9.17) is 11.5 Å². The quantitative estimate of drug-likeness (QED) is 0.569. The minimum absolute atomic E-state index is 0.0802. The van der Waals surface area contributed by atoms with Crippen molar-refractivity contribution in [2.24, 2.45) is 11.7 Å². The molecule has 0 aromatic carbocycles. The van der Waals surface area contributed by atoms with E-state index in [-0.39, 0.29) is 17.3 Å². The predicted octanol–water partition coefficient (Wildman–Crippen LogP) is 0.137. The molecule has 1 atom stereocenters. The first-order valence-corrected chi connectivity index (χ1v) is 5.34. The van der Waals surface area contributed by atoms with Gasteiger partial charge in [0.25, 0.3) is 5.56 Å². The Morgan fingerprint density at radius 3 is 2.81 bits per heavy atom. The number of rotatable bonds is 5. The third-order valence-electron chi connectivity index (χ3n) is 2.27. The van der Waals surface area contributed by atoms with Gasteiger partial charge in [-0.05, 0) is 12.3 Å². The minimum Gasteiger partial charge on any atom is -0.391 e. The number of hydrogen-bond acceptors (Lipinski definition) is 5. The highest BCUT2D eigenvalue weighted by Crippen LogP contribution is 2.13. The fraction of sp³-hybridized carbons (Fsp3) is 0.600. The highest BCUT2D eigenvalue weighted by Gasteiger charge is 2.12. The molecule has 0 spiro atoms. The van der Waals surface area contributed by atoms with Gasteiger partial charge < -0.3 is 21.8 Å². The molecule has 0 aliphatic heterocycles. The Kier molecular flexibility index (Phi) is 4.30. The van der Waals surface area contributed by atoms with Crippen molar-refractivity contribution in [1.82, 2.24) is 9.97 Å². The zero-order chi connectivity index (χ0) is 12.1. The third-order valence-corrected chi connectivity index (χ3v) is 2.27. The summed E-state index contributed by atoms with van der Waals surface area (Å²) in [6, 6.07) is 0.0802. The first-order chi connectivity index (χ1) is 7.54. The Morgan fingerprint density at radius 2 is 2.25 bits per heavy atom. The molecule has 0 bridgehead atoms. The van der Waals surface area contributed by atoms with Crippen molar-refractivity contribution in [3.05, 3.63) is 16.7 Å². The molecule has 1 aromatic rings. The number of nitrogens with one attached hydrogen (secondary N) is 2. The highest BCUT2D eigenvalue weighted by atomic mass is 16.1. The van der Waals surface area contributed by atoms with Gasteiger partial charge in [0.1, 0.15) is 5.69 Å². The summed E-state index contributed by atoms with van der Waals surface area (Å²) in [7, 11) is 0. The van der Waals surface area contributed by atoms with E-state index in [1.807, 2.05) is 0 Å². The van der Waals surface area contributed by atoms with Gasteiger partial charge in [-0.1, -0.05) is 13.8 Å². The second kappa shape index (κ2) is 5.50. The number of H-pyrrole nitrogens is 1. The molecule has 0 amide bonds. The Bertz CT molecular complexity index is 387. The molecule has 1 heterocycles. The van der Waals surface area contributed by atoms with Crippen LogP contribution in [0.15, 0.2) is 11.1 Å². The lowest BCUT2D eigenvalue weighted by molar-refractivity contribution is 0.521. The number of nitrogens with two attached hydrogens (primary N) is 2. The van der Waals surface area contributed by atoms with E-state index in [1.54, 1.807) is 0 Å². The Balaban J connectivity index is 2.78. The van der Waals surface area contributed by atoms with Crippen LogP contribution in [0.25, 0.3) is 0 Å². The van der Waals surface area contributed by atoms with Gasteiger partial charge in [0.2, 0.25) is 0 Å². The van der Waals surface area contributed by atoms with E-state index in [0.29, 0.717) is 18.3 Å². The molecule has 0 fully saturated rings. The van der Waals surface area contributed by atoms with Crippen LogP contribution >= 0.6 is 0 Å². The molecular formula is C10H19N5O. The van der Waals surface area contributed by atoms with E-state index in [1.165, 1.54) is 6.33 Å². The first-order valence-electron chi connectivity index (χ1n) is 5.34. The summed E-state index contributed by atoms with van der Waals surface area (Å²) in [6.07, 6.45) is 2.23. The largest absolute Gasteiger partial charge is 0.391 e. The molecule has 0 radical (unpaired) electrons. The molecule has 1 aromatic heterocycles. The van der Waals surface area contributed by atoms with Crippen molar-refractivity contribution < 1.29 is 0 Å². The summed E-state index contributed by atoms with van der Waals surface area (Å²) in [6.45, 7) is 4.70.